The Morgan fingerprint density at radius 3 is 2.58 bits per heavy atom. The molecule has 0 amide bonds. The smallest absolute Gasteiger partial charge is 0.0691 e. The minimum absolute atomic E-state index is 0.420. The summed E-state index contributed by atoms with van der Waals surface area (Å²) < 4.78 is 0. The van der Waals surface area contributed by atoms with Crippen LogP contribution in [0.15, 0.2) is 0 Å². The number of aliphatic hydroxyl groups is 2. The highest BCUT2D eigenvalue weighted by Crippen LogP contribution is 2.41. The van der Waals surface area contributed by atoms with Crippen LogP contribution < -0.4 is 5.32 Å². The van der Waals surface area contributed by atoms with Crippen LogP contribution in [0.4, 0.5) is 0 Å². The molecule has 72 valence electrons. The average molecular weight is 173 g/mol. The van der Waals surface area contributed by atoms with Crippen LogP contribution in [0.3, 0.4) is 0 Å². The van der Waals surface area contributed by atoms with Crippen LogP contribution in [0, 0.1) is 5.92 Å². The molecule has 0 unspecified atom stereocenters. The summed E-state index contributed by atoms with van der Waals surface area (Å²) >= 11 is 0. The van der Waals surface area contributed by atoms with Crippen molar-refractivity contribution in [3.05, 3.63) is 0 Å². The normalized spacial score (nSPS) is 25.0. The molecule has 1 aliphatic carbocycles. The number of nitrogens with one attached hydrogen (secondary N) is 1. The van der Waals surface area contributed by atoms with Crippen molar-refractivity contribution in [2.75, 3.05) is 13.6 Å². The zero-order valence-electron chi connectivity index (χ0n) is 7.88. The molecule has 3 nitrogen and oxygen atoms in total. The summed E-state index contributed by atoms with van der Waals surface area (Å²) in [5.41, 5.74) is -0.656. The SMILES string of the molecule is CNC[C@H](O)C[C@@](C)(O)C1CC1. The van der Waals surface area contributed by atoms with E-state index in [1.54, 1.807) is 7.05 Å². The predicted molar refractivity (Wildman–Crippen MR) is 47.9 cm³/mol. The molecular formula is C9H19NO2. The van der Waals surface area contributed by atoms with Gasteiger partial charge in [-0.1, -0.05) is 0 Å². The van der Waals surface area contributed by atoms with E-state index >= 15 is 0 Å². The van der Waals surface area contributed by atoms with Crippen LogP contribution in [0.25, 0.3) is 0 Å². The van der Waals surface area contributed by atoms with Crippen molar-refractivity contribution in [3.8, 4) is 0 Å². The van der Waals surface area contributed by atoms with Gasteiger partial charge in [0.05, 0.1) is 11.7 Å². The van der Waals surface area contributed by atoms with E-state index in [1.807, 2.05) is 6.92 Å². The van der Waals surface area contributed by atoms with Crippen LogP contribution in [0.2, 0.25) is 0 Å². The molecule has 0 aromatic heterocycles. The van der Waals surface area contributed by atoms with Gasteiger partial charge in [-0.25, -0.2) is 0 Å². The van der Waals surface area contributed by atoms with Crippen molar-refractivity contribution in [2.24, 2.45) is 5.92 Å². The summed E-state index contributed by atoms with van der Waals surface area (Å²) in [4.78, 5) is 0. The summed E-state index contributed by atoms with van der Waals surface area (Å²) in [5, 5.41) is 22.2. The Morgan fingerprint density at radius 2 is 2.17 bits per heavy atom. The van der Waals surface area contributed by atoms with Crippen molar-refractivity contribution < 1.29 is 10.2 Å². The lowest BCUT2D eigenvalue weighted by atomic mass is 9.93. The number of hydrogen-bond acceptors (Lipinski definition) is 3. The third kappa shape index (κ3) is 2.73. The second-order valence-electron chi connectivity index (χ2n) is 4.05. The van der Waals surface area contributed by atoms with Crippen molar-refractivity contribution in [1.82, 2.24) is 5.32 Å². The Kier molecular flexibility index (Phi) is 3.09. The molecule has 0 heterocycles. The van der Waals surface area contributed by atoms with Gasteiger partial charge in [0.25, 0.3) is 0 Å². The highest BCUT2D eigenvalue weighted by atomic mass is 16.3. The van der Waals surface area contributed by atoms with Crippen molar-refractivity contribution in [3.63, 3.8) is 0 Å². The zero-order chi connectivity index (χ0) is 9.19. The minimum Gasteiger partial charge on any atom is -0.392 e. The van der Waals surface area contributed by atoms with E-state index in [2.05, 4.69) is 5.32 Å². The molecule has 0 aliphatic heterocycles. The molecule has 1 saturated carbocycles. The van der Waals surface area contributed by atoms with Crippen molar-refractivity contribution >= 4 is 0 Å². The summed E-state index contributed by atoms with van der Waals surface area (Å²) in [6.07, 6.45) is 2.28. The van der Waals surface area contributed by atoms with Crippen molar-refractivity contribution in [2.45, 2.75) is 37.9 Å². The van der Waals surface area contributed by atoms with E-state index in [1.165, 1.54) is 0 Å². The Labute approximate surface area is 73.8 Å². The first-order valence-electron chi connectivity index (χ1n) is 4.61. The standard InChI is InChI=1S/C9H19NO2/c1-9(12,7-3-4-7)5-8(11)6-10-2/h7-8,10-12H,3-6H2,1-2H3/t8-,9-/m1/s1. The molecule has 12 heavy (non-hydrogen) atoms. The maximum Gasteiger partial charge on any atom is 0.0691 e. The molecule has 0 radical (unpaired) electrons. The van der Waals surface area contributed by atoms with Gasteiger partial charge in [-0.05, 0) is 32.7 Å². The van der Waals surface area contributed by atoms with Gasteiger partial charge in [0.15, 0.2) is 0 Å². The van der Waals surface area contributed by atoms with Gasteiger partial charge in [0.1, 0.15) is 0 Å². The lowest BCUT2D eigenvalue weighted by molar-refractivity contribution is -0.0125. The first kappa shape index (κ1) is 9.96. The fraction of sp³-hybridized carbons (Fsp3) is 1.00. The highest BCUT2D eigenvalue weighted by Gasteiger charge is 2.40. The first-order valence-corrected chi connectivity index (χ1v) is 4.61. The quantitative estimate of drug-likeness (QED) is 0.553. The summed E-state index contributed by atoms with van der Waals surface area (Å²) in [6.45, 7) is 2.38. The van der Waals surface area contributed by atoms with E-state index in [9.17, 15) is 10.2 Å². The molecule has 1 fully saturated rings. The van der Waals surface area contributed by atoms with Crippen LogP contribution in [-0.2, 0) is 0 Å². The fourth-order valence-electron chi connectivity index (χ4n) is 1.66. The number of aliphatic hydroxyl groups excluding tert-OH is 1. The van der Waals surface area contributed by atoms with E-state index in [4.69, 9.17) is 0 Å². The number of likely N-dealkylation sites (N-methyl/N-ethyl adjacent to an activating group) is 1. The molecule has 2 atom stereocenters. The number of rotatable bonds is 5. The first-order chi connectivity index (χ1) is 5.56. The number of hydrogen-bond donors (Lipinski definition) is 3. The van der Waals surface area contributed by atoms with Gasteiger partial charge in [-0.3, -0.25) is 0 Å². The van der Waals surface area contributed by atoms with E-state index in [-0.39, 0.29) is 0 Å². The zero-order valence-corrected chi connectivity index (χ0v) is 7.88. The summed E-state index contributed by atoms with van der Waals surface area (Å²) in [6, 6.07) is 0. The molecule has 1 aliphatic rings. The maximum absolute atomic E-state index is 9.86. The molecule has 0 bridgehead atoms. The van der Waals surface area contributed by atoms with Crippen LogP contribution in [0.5, 0.6) is 0 Å². The molecule has 3 N–H and O–H groups in total. The molecule has 3 heteroatoms. The van der Waals surface area contributed by atoms with Gasteiger partial charge in [-0.2, -0.15) is 0 Å². The van der Waals surface area contributed by atoms with Crippen LogP contribution in [-0.4, -0.2) is 35.5 Å². The van der Waals surface area contributed by atoms with E-state index in [0.717, 1.165) is 12.8 Å². The second kappa shape index (κ2) is 3.73. The lowest BCUT2D eigenvalue weighted by Gasteiger charge is -2.25. The average Bonchev–Trinajstić information content (AvgIpc) is 2.65. The monoisotopic (exact) mass is 173 g/mol. The topological polar surface area (TPSA) is 52.5 Å². The lowest BCUT2D eigenvalue weighted by Crippen LogP contribution is -2.36. The Morgan fingerprint density at radius 1 is 1.58 bits per heavy atom. The molecule has 0 aromatic rings. The predicted octanol–water partition coefficient (Wildman–Crippen LogP) is 0.118. The Bertz CT molecular complexity index is 143. The van der Waals surface area contributed by atoms with Gasteiger partial charge in [0.2, 0.25) is 0 Å². The molecule has 0 spiro atoms. The maximum atomic E-state index is 9.86. The van der Waals surface area contributed by atoms with Crippen LogP contribution >= 0.6 is 0 Å². The van der Waals surface area contributed by atoms with Gasteiger partial charge in [0, 0.05) is 13.0 Å². The minimum atomic E-state index is -0.656. The largest absolute Gasteiger partial charge is 0.392 e. The third-order valence-corrected chi connectivity index (χ3v) is 2.55. The van der Waals surface area contributed by atoms with Gasteiger partial charge in [-0.15, -0.1) is 0 Å². The second-order valence-corrected chi connectivity index (χ2v) is 4.05. The Hall–Kier alpha value is -0.120. The summed E-state index contributed by atoms with van der Waals surface area (Å²) in [7, 11) is 1.80. The molecule has 0 aromatic carbocycles. The molecule has 0 saturated heterocycles. The Balaban J connectivity index is 2.27. The molecule has 1 rings (SSSR count). The summed E-state index contributed by atoms with van der Waals surface area (Å²) in [5.74, 6) is 0.420. The van der Waals surface area contributed by atoms with E-state index < -0.39 is 11.7 Å². The van der Waals surface area contributed by atoms with Gasteiger partial charge < -0.3 is 15.5 Å². The molecular weight excluding hydrogens is 154 g/mol. The van der Waals surface area contributed by atoms with Crippen LogP contribution in [0.1, 0.15) is 26.2 Å². The fourth-order valence-corrected chi connectivity index (χ4v) is 1.66. The van der Waals surface area contributed by atoms with Crippen molar-refractivity contribution in [1.29, 1.82) is 0 Å². The highest BCUT2D eigenvalue weighted by molar-refractivity contribution is 4.92. The van der Waals surface area contributed by atoms with Gasteiger partial charge >= 0.3 is 0 Å². The third-order valence-electron chi connectivity index (χ3n) is 2.55. The van der Waals surface area contributed by atoms with E-state index in [0.29, 0.717) is 18.9 Å².